The first kappa shape index (κ1) is 9.38. The van der Waals surface area contributed by atoms with E-state index in [1.54, 1.807) is 0 Å². The zero-order valence-corrected chi connectivity index (χ0v) is 8.24. The molecule has 1 heteroatoms. The summed E-state index contributed by atoms with van der Waals surface area (Å²) in [7, 11) is 0. The second kappa shape index (κ2) is 5.03. The number of alkyl halides is 1. The van der Waals surface area contributed by atoms with Crippen LogP contribution in [-0.4, -0.2) is 5.38 Å². The Bertz CT molecular complexity index is 101. The van der Waals surface area contributed by atoms with Gasteiger partial charge >= 0.3 is 0 Å². The van der Waals surface area contributed by atoms with Crippen molar-refractivity contribution in [1.82, 2.24) is 0 Å². The Labute approximate surface area is 75.3 Å². The van der Waals surface area contributed by atoms with E-state index in [2.05, 4.69) is 6.92 Å². The van der Waals surface area contributed by atoms with Gasteiger partial charge in [-0.1, -0.05) is 39.0 Å². The molecule has 0 aliphatic heterocycles. The zero-order chi connectivity index (χ0) is 8.10. The fourth-order valence-corrected chi connectivity index (χ4v) is 2.35. The summed E-state index contributed by atoms with van der Waals surface area (Å²) >= 11 is 6.17. The molecule has 0 amide bonds. The number of rotatable bonds is 1. The van der Waals surface area contributed by atoms with Crippen molar-refractivity contribution in [3.05, 3.63) is 0 Å². The van der Waals surface area contributed by atoms with Crippen LogP contribution in [0.4, 0.5) is 0 Å². The molecule has 2 atom stereocenters. The van der Waals surface area contributed by atoms with Gasteiger partial charge in [0.05, 0.1) is 0 Å². The summed E-state index contributed by atoms with van der Waals surface area (Å²) in [6.45, 7) is 2.29. The summed E-state index contributed by atoms with van der Waals surface area (Å²) in [6, 6.07) is 0. The second-order valence-corrected chi connectivity index (χ2v) is 4.36. The van der Waals surface area contributed by atoms with Gasteiger partial charge in [0.1, 0.15) is 0 Å². The monoisotopic (exact) mass is 174 g/mol. The lowest BCUT2D eigenvalue weighted by Gasteiger charge is -2.21. The van der Waals surface area contributed by atoms with E-state index in [0.717, 1.165) is 5.92 Å². The van der Waals surface area contributed by atoms with Crippen molar-refractivity contribution in [1.29, 1.82) is 0 Å². The van der Waals surface area contributed by atoms with Crippen LogP contribution in [0.5, 0.6) is 0 Å². The molecule has 0 aromatic carbocycles. The van der Waals surface area contributed by atoms with Crippen molar-refractivity contribution >= 4 is 11.6 Å². The molecule has 0 bridgehead atoms. The standard InChI is InChI=1S/C10H19Cl/c1-2-9-6-4-3-5-7-10(11)8-9/h9-10H,2-8H2,1H3. The third kappa shape index (κ3) is 3.46. The van der Waals surface area contributed by atoms with E-state index in [9.17, 15) is 0 Å². The van der Waals surface area contributed by atoms with Crippen molar-refractivity contribution in [2.45, 2.75) is 57.2 Å². The Morgan fingerprint density at radius 1 is 1.18 bits per heavy atom. The average molecular weight is 175 g/mol. The van der Waals surface area contributed by atoms with Crippen molar-refractivity contribution in [2.75, 3.05) is 0 Å². The van der Waals surface area contributed by atoms with Gasteiger partial charge in [-0.2, -0.15) is 0 Å². The molecule has 2 unspecified atom stereocenters. The molecule has 1 aliphatic rings. The molecule has 0 heterocycles. The summed E-state index contributed by atoms with van der Waals surface area (Å²) in [6.07, 6.45) is 9.44. The largest absolute Gasteiger partial charge is 0.123 e. The summed E-state index contributed by atoms with van der Waals surface area (Å²) in [5.41, 5.74) is 0. The predicted octanol–water partition coefficient (Wildman–Crippen LogP) is 3.97. The summed E-state index contributed by atoms with van der Waals surface area (Å²) in [5, 5.41) is 0.472. The molecule has 0 nitrogen and oxygen atoms in total. The highest BCUT2D eigenvalue weighted by Gasteiger charge is 2.15. The van der Waals surface area contributed by atoms with Crippen LogP contribution in [0.3, 0.4) is 0 Å². The van der Waals surface area contributed by atoms with E-state index in [-0.39, 0.29) is 0 Å². The SMILES string of the molecule is CCC1CCCCCC(Cl)C1. The van der Waals surface area contributed by atoms with E-state index in [1.807, 2.05) is 0 Å². The molecule has 0 radical (unpaired) electrons. The lowest BCUT2D eigenvalue weighted by molar-refractivity contribution is 0.373. The van der Waals surface area contributed by atoms with E-state index >= 15 is 0 Å². The topological polar surface area (TPSA) is 0 Å². The summed E-state index contributed by atoms with van der Waals surface area (Å²) in [4.78, 5) is 0. The van der Waals surface area contributed by atoms with E-state index in [4.69, 9.17) is 11.6 Å². The molecule has 0 saturated heterocycles. The minimum atomic E-state index is 0.472. The molecule has 1 fully saturated rings. The molecule has 0 N–H and O–H groups in total. The van der Waals surface area contributed by atoms with Gasteiger partial charge in [0, 0.05) is 5.38 Å². The van der Waals surface area contributed by atoms with Crippen LogP contribution in [0.25, 0.3) is 0 Å². The van der Waals surface area contributed by atoms with Crippen molar-refractivity contribution in [3.8, 4) is 0 Å². The van der Waals surface area contributed by atoms with Gasteiger partial charge in [-0.05, 0) is 18.8 Å². The van der Waals surface area contributed by atoms with Crippen LogP contribution in [-0.2, 0) is 0 Å². The quantitative estimate of drug-likeness (QED) is 0.528. The second-order valence-electron chi connectivity index (χ2n) is 3.75. The van der Waals surface area contributed by atoms with Crippen LogP contribution in [0.15, 0.2) is 0 Å². The molecular weight excluding hydrogens is 156 g/mol. The van der Waals surface area contributed by atoms with Gasteiger partial charge in [0.2, 0.25) is 0 Å². The van der Waals surface area contributed by atoms with Gasteiger partial charge in [-0.3, -0.25) is 0 Å². The number of halogens is 1. The van der Waals surface area contributed by atoms with Crippen molar-refractivity contribution in [3.63, 3.8) is 0 Å². The fraction of sp³-hybridized carbons (Fsp3) is 1.00. The van der Waals surface area contributed by atoms with Gasteiger partial charge in [-0.15, -0.1) is 11.6 Å². The van der Waals surface area contributed by atoms with Crippen LogP contribution in [0.1, 0.15) is 51.9 Å². The Kier molecular flexibility index (Phi) is 4.29. The fourth-order valence-electron chi connectivity index (χ4n) is 1.94. The normalized spacial score (nSPS) is 34.4. The average Bonchev–Trinajstić information content (AvgIpc) is 1.96. The Hall–Kier alpha value is 0.290. The third-order valence-electron chi connectivity index (χ3n) is 2.80. The van der Waals surface area contributed by atoms with Crippen LogP contribution in [0, 0.1) is 5.92 Å². The maximum atomic E-state index is 6.17. The first-order valence-corrected chi connectivity index (χ1v) is 5.40. The molecule has 1 saturated carbocycles. The van der Waals surface area contributed by atoms with Gasteiger partial charge < -0.3 is 0 Å². The summed E-state index contributed by atoms with van der Waals surface area (Å²) in [5.74, 6) is 0.915. The molecule has 1 rings (SSSR count). The zero-order valence-electron chi connectivity index (χ0n) is 7.48. The third-order valence-corrected chi connectivity index (χ3v) is 3.19. The highest BCUT2D eigenvalue weighted by Crippen LogP contribution is 2.27. The highest BCUT2D eigenvalue weighted by molar-refractivity contribution is 6.20. The molecule has 0 aromatic rings. The predicted molar refractivity (Wildman–Crippen MR) is 51.1 cm³/mol. The maximum Gasteiger partial charge on any atom is 0.0338 e. The van der Waals surface area contributed by atoms with Gasteiger partial charge in [-0.25, -0.2) is 0 Å². The minimum Gasteiger partial charge on any atom is -0.123 e. The Morgan fingerprint density at radius 3 is 2.64 bits per heavy atom. The van der Waals surface area contributed by atoms with Crippen LogP contribution in [0.2, 0.25) is 0 Å². The summed E-state index contributed by atoms with van der Waals surface area (Å²) < 4.78 is 0. The molecule has 0 spiro atoms. The molecule has 11 heavy (non-hydrogen) atoms. The van der Waals surface area contributed by atoms with Crippen molar-refractivity contribution < 1.29 is 0 Å². The van der Waals surface area contributed by atoms with E-state index < -0.39 is 0 Å². The number of hydrogen-bond donors (Lipinski definition) is 0. The molecule has 66 valence electrons. The highest BCUT2D eigenvalue weighted by atomic mass is 35.5. The molecular formula is C10H19Cl. The first-order valence-electron chi connectivity index (χ1n) is 4.97. The first-order chi connectivity index (χ1) is 5.33. The van der Waals surface area contributed by atoms with E-state index in [1.165, 1.54) is 44.9 Å². The minimum absolute atomic E-state index is 0.472. The lowest BCUT2D eigenvalue weighted by atomic mass is 9.89. The van der Waals surface area contributed by atoms with Crippen LogP contribution >= 0.6 is 11.6 Å². The lowest BCUT2D eigenvalue weighted by Crippen LogP contribution is -2.11. The number of hydrogen-bond acceptors (Lipinski definition) is 0. The Morgan fingerprint density at radius 2 is 1.91 bits per heavy atom. The van der Waals surface area contributed by atoms with Crippen LogP contribution < -0.4 is 0 Å². The maximum absolute atomic E-state index is 6.17. The van der Waals surface area contributed by atoms with Gasteiger partial charge in [0.15, 0.2) is 0 Å². The van der Waals surface area contributed by atoms with Gasteiger partial charge in [0.25, 0.3) is 0 Å². The van der Waals surface area contributed by atoms with E-state index in [0.29, 0.717) is 5.38 Å². The molecule has 0 aromatic heterocycles. The molecule has 1 aliphatic carbocycles. The smallest absolute Gasteiger partial charge is 0.0338 e. The van der Waals surface area contributed by atoms with Crippen molar-refractivity contribution in [2.24, 2.45) is 5.92 Å². The Balaban J connectivity index is 2.29.